The molecular weight excluding hydrogens is 224 g/mol. The summed E-state index contributed by atoms with van der Waals surface area (Å²) in [6, 6.07) is 0.0726. The summed E-state index contributed by atoms with van der Waals surface area (Å²) in [5.41, 5.74) is 0. The minimum Gasteiger partial charge on any atom is -0.396 e. The molecule has 2 N–H and O–H groups in total. The third-order valence-electron chi connectivity index (χ3n) is 3.82. The molecule has 4 nitrogen and oxygen atoms in total. The van der Waals surface area contributed by atoms with E-state index in [2.05, 4.69) is 9.89 Å². The Labute approximate surface area is 99.7 Å². The Hall–Kier alpha value is -0.260. The fraction of sp³-hybridized carbons (Fsp3) is 0.909. The van der Waals surface area contributed by atoms with Crippen LogP contribution in [-0.4, -0.2) is 57.4 Å². The lowest BCUT2D eigenvalue weighted by molar-refractivity contribution is 0.0645. The molecule has 0 aromatic rings. The SMILES string of the molecule is OC[C@H]1C[C@@H]2SC(N3CCC3)=N[C@@H]2[C@@H](O)C1. The Morgan fingerprint density at radius 3 is 2.81 bits per heavy atom. The van der Waals surface area contributed by atoms with Crippen LogP contribution in [0.25, 0.3) is 0 Å². The fourth-order valence-corrected chi connectivity index (χ4v) is 4.22. The second-order valence-electron chi connectivity index (χ2n) is 4.99. The number of fused-ring (bicyclic) bond motifs is 1. The van der Waals surface area contributed by atoms with Crippen molar-refractivity contribution < 1.29 is 10.2 Å². The molecule has 0 aromatic carbocycles. The van der Waals surface area contributed by atoms with Crippen LogP contribution in [0.1, 0.15) is 19.3 Å². The molecule has 4 atom stereocenters. The van der Waals surface area contributed by atoms with Crippen molar-refractivity contribution in [2.24, 2.45) is 10.9 Å². The van der Waals surface area contributed by atoms with E-state index in [-0.39, 0.29) is 24.7 Å². The average molecular weight is 242 g/mol. The van der Waals surface area contributed by atoms with E-state index in [1.807, 2.05) is 0 Å². The predicted molar refractivity (Wildman–Crippen MR) is 64.6 cm³/mol. The van der Waals surface area contributed by atoms with Crippen LogP contribution < -0.4 is 0 Å². The Balaban J connectivity index is 1.70. The van der Waals surface area contributed by atoms with E-state index in [0.29, 0.717) is 11.7 Å². The highest BCUT2D eigenvalue weighted by atomic mass is 32.2. The number of aliphatic hydroxyl groups is 2. The number of likely N-dealkylation sites (tertiary alicyclic amines) is 1. The van der Waals surface area contributed by atoms with E-state index < -0.39 is 0 Å². The first-order chi connectivity index (χ1) is 7.78. The van der Waals surface area contributed by atoms with Crippen molar-refractivity contribution in [1.29, 1.82) is 0 Å². The maximum Gasteiger partial charge on any atom is 0.159 e. The number of aliphatic imine (C=N–C) groups is 1. The summed E-state index contributed by atoms with van der Waals surface area (Å²) in [6.07, 6.45) is 2.59. The van der Waals surface area contributed by atoms with Gasteiger partial charge in [-0.25, -0.2) is 0 Å². The smallest absolute Gasteiger partial charge is 0.159 e. The summed E-state index contributed by atoms with van der Waals surface area (Å²) < 4.78 is 0. The monoisotopic (exact) mass is 242 g/mol. The number of thioether (sulfide) groups is 1. The summed E-state index contributed by atoms with van der Waals surface area (Å²) >= 11 is 1.81. The van der Waals surface area contributed by atoms with E-state index in [0.717, 1.165) is 24.7 Å². The zero-order valence-electron chi connectivity index (χ0n) is 9.25. The molecule has 90 valence electrons. The van der Waals surface area contributed by atoms with E-state index in [4.69, 9.17) is 0 Å². The Bertz CT molecular complexity index is 306. The molecule has 0 spiro atoms. The molecule has 2 fully saturated rings. The number of hydrogen-bond donors (Lipinski definition) is 2. The van der Waals surface area contributed by atoms with Gasteiger partial charge in [-0.05, 0) is 25.2 Å². The molecular formula is C11H18N2O2S. The highest BCUT2D eigenvalue weighted by Gasteiger charge is 2.43. The zero-order chi connectivity index (χ0) is 11.1. The minimum atomic E-state index is -0.359. The molecule has 3 rings (SSSR count). The second-order valence-corrected chi connectivity index (χ2v) is 6.19. The van der Waals surface area contributed by atoms with Gasteiger partial charge in [0.05, 0.1) is 12.1 Å². The summed E-state index contributed by atoms with van der Waals surface area (Å²) in [4.78, 5) is 6.95. The highest BCUT2D eigenvalue weighted by Crippen LogP contribution is 2.41. The topological polar surface area (TPSA) is 56.1 Å². The van der Waals surface area contributed by atoms with Gasteiger partial charge in [0.15, 0.2) is 5.17 Å². The van der Waals surface area contributed by atoms with Crippen molar-refractivity contribution in [3.63, 3.8) is 0 Å². The maximum atomic E-state index is 10.0. The maximum absolute atomic E-state index is 10.0. The molecule has 0 amide bonds. The molecule has 2 aliphatic heterocycles. The molecule has 16 heavy (non-hydrogen) atoms. The molecule has 0 radical (unpaired) electrons. The third-order valence-corrected chi connectivity index (χ3v) is 5.17. The van der Waals surface area contributed by atoms with Crippen molar-refractivity contribution in [3.8, 4) is 0 Å². The molecule has 3 aliphatic rings. The van der Waals surface area contributed by atoms with Crippen LogP contribution >= 0.6 is 11.8 Å². The van der Waals surface area contributed by atoms with Crippen molar-refractivity contribution in [2.45, 2.75) is 36.7 Å². The van der Waals surface area contributed by atoms with Gasteiger partial charge in [0, 0.05) is 24.9 Å². The molecule has 0 bridgehead atoms. The summed E-state index contributed by atoms with van der Waals surface area (Å²) in [5, 5.41) is 20.7. The third kappa shape index (κ3) is 1.75. The number of aliphatic hydroxyl groups excluding tert-OH is 2. The lowest BCUT2D eigenvalue weighted by atomic mass is 9.84. The van der Waals surface area contributed by atoms with Gasteiger partial charge in [0.1, 0.15) is 0 Å². The van der Waals surface area contributed by atoms with E-state index in [1.54, 1.807) is 11.8 Å². The Kier molecular flexibility index (Phi) is 2.85. The number of rotatable bonds is 1. The van der Waals surface area contributed by atoms with Gasteiger partial charge in [-0.15, -0.1) is 0 Å². The Morgan fingerprint density at radius 2 is 2.19 bits per heavy atom. The predicted octanol–water partition coefficient (Wildman–Crippen LogP) is 0.295. The largest absolute Gasteiger partial charge is 0.396 e. The van der Waals surface area contributed by atoms with Crippen molar-refractivity contribution in [1.82, 2.24) is 4.90 Å². The number of amidine groups is 1. The first kappa shape index (κ1) is 10.9. The van der Waals surface area contributed by atoms with E-state index in [9.17, 15) is 10.2 Å². The van der Waals surface area contributed by atoms with Crippen LogP contribution in [-0.2, 0) is 0 Å². The molecule has 1 aliphatic carbocycles. The Morgan fingerprint density at radius 1 is 1.38 bits per heavy atom. The molecule has 1 saturated carbocycles. The highest BCUT2D eigenvalue weighted by molar-refractivity contribution is 8.14. The van der Waals surface area contributed by atoms with Crippen molar-refractivity contribution >= 4 is 16.9 Å². The molecule has 0 aromatic heterocycles. The van der Waals surface area contributed by atoms with Gasteiger partial charge in [0.2, 0.25) is 0 Å². The quantitative estimate of drug-likeness (QED) is 0.694. The number of hydrogen-bond acceptors (Lipinski definition) is 5. The standard InChI is InChI=1S/C11H18N2O2S/c14-6-7-4-8(15)10-9(5-7)16-11(12-10)13-2-1-3-13/h7-10,14-15H,1-6H2/t7-,8+,9+,10-/m1/s1. The van der Waals surface area contributed by atoms with Crippen LogP contribution in [0.15, 0.2) is 4.99 Å². The van der Waals surface area contributed by atoms with Crippen LogP contribution in [0.4, 0.5) is 0 Å². The molecule has 5 heteroatoms. The van der Waals surface area contributed by atoms with Crippen molar-refractivity contribution in [3.05, 3.63) is 0 Å². The van der Waals surface area contributed by atoms with Crippen molar-refractivity contribution in [2.75, 3.05) is 19.7 Å². The van der Waals surface area contributed by atoms with Crippen LogP contribution in [0, 0.1) is 5.92 Å². The normalized spacial score (nSPS) is 42.6. The van der Waals surface area contributed by atoms with Crippen LogP contribution in [0.2, 0.25) is 0 Å². The zero-order valence-corrected chi connectivity index (χ0v) is 10.1. The lowest BCUT2D eigenvalue weighted by Crippen LogP contribution is -2.40. The molecule has 1 saturated heterocycles. The van der Waals surface area contributed by atoms with Crippen LogP contribution in [0.5, 0.6) is 0 Å². The van der Waals surface area contributed by atoms with Gasteiger partial charge >= 0.3 is 0 Å². The van der Waals surface area contributed by atoms with Gasteiger partial charge in [0.25, 0.3) is 0 Å². The second kappa shape index (κ2) is 4.20. The van der Waals surface area contributed by atoms with Gasteiger partial charge < -0.3 is 15.1 Å². The van der Waals surface area contributed by atoms with E-state index in [1.165, 1.54) is 6.42 Å². The van der Waals surface area contributed by atoms with Gasteiger partial charge in [-0.2, -0.15) is 0 Å². The fourth-order valence-electron chi connectivity index (χ4n) is 2.69. The van der Waals surface area contributed by atoms with Gasteiger partial charge in [-0.1, -0.05) is 11.8 Å². The molecule has 0 unspecified atom stereocenters. The average Bonchev–Trinajstić information content (AvgIpc) is 2.58. The summed E-state index contributed by atoms with van der Waals surface area (Å²) in [7, 11) is 0. The number of nitrogens with zero attached hydrogens (tertiary/aromatic N) is 2. The minimum absolute atomic E-state index is 0.0726. The van der Waals surface area contributed by atoms with Crippen LogP contribution in [0.3, 0.4) is 0 Å². The summed E-state index contributed by atoms with van der Waals surface area (Å²) in [6.45, 7) is 2.43. The van der Waals surface area contributed by atoms with Gasteiger partial charge in [-0.3, -0.25) is 4.99 Å². The first-order valence-corrected chi connectivity index (χ1v) is 6.94. The lowest BCUT2D eigenvalue weighted by Gasteiger charge is -2.33. The first-order valence-electron chi connectivity index (χ1n) is 6.06. The summed E-state index contributed by atoms with van der Waals surface area (Å²) in [5.74, 6) is 0.259. The molecule has 2 heterocycles. The van der Waals surface area contributed by atoms with E-state index >= 15 is 0 Å².